The largest absolute Gasteiger partial charge is 0.335 e. The average molecular weight is 1090 g/mol. The summed E-state index contributed by atoms with van der Waals surface area (Å²) in [7, 11) is 0. The van der Waals surface area contributed by atoms with E-state index in [2.05, 4.69) is 254 Å². The molecule has 2 saturated carbocycles. The third kappa shape index (κ3) is 7.07. The lowest BCUT2D eigenvalue weighted by Gasteiger charge is -2.60. The number of fused-ring (bicyclic) bond motifs is 12. The Morgan fingerprint density at radius 2 is 1.12 bits per heavy atom. The fourth-order valence-electron chi connectivity index (χ4n) is 17.7. The molecule has 0 N–H and O–H groups in total. The molecule has 3 nitrogen and oxygen atoms in total. The van der Waals surface area contributed by atoms with E-state index in [1.165, 1.54) is 173 Å². The fourth-order valence-corrected chi connectivity index (χ4v) is 19.0. The van der Waals surface area contributed by atoms with Crippen LogP contribution in [-0.4, -0.2) is 12.3 Å². The minimum atomic E-state index is -0.120. The van der Waals surface area contributed by atoms with Gasteiger partial charge in [0.25, 0.3) is 6.71 Å². The van der Waals surface area contributed by atoms with Gasteiger partial charge in [-0.1, -0.05) is 173 Å². The van der Waals surface area contributed by atoms with Crippen LogP contribution in [-0.2, 0) is 33.5 Å². The number of anilines is 8. The Morgan fingerprint density at radius 3 is 1.85 bits per heavy atom. The Labute approximate surface area is 492 Å². The van der Waals surface area contributed by atoms with Gasteiger partial charge >= 0.3 is 0 Å². The highest BCUT2D eigenvalue weighted by Gasteiger charge is 2.56. The van der Waals surface area contributed by atoms with Gasteiger partial charge < -0.3 is 14.7 Å². The van der Waals surface area contributed by atoms with Gasteiger partial charge in [-0.25, -0.2) is 0 Å². The summed E-state index contributed by atoms with van der Waals surface area (Å²) in [6.45, 7) is 27.5. The third-order valence-corrected chi connectivity index (χ3v) is 24.4. The van der Waals surface area contributed by atoms with Crippen molar-refractivity contribution in [3.63, 3.8) is 0 Å². The van der Waals surface area contributed by atoms with E-state index < -0.39 is 0 Å². The number of hydrogen-bond acceptors (Lipinski definition) is 4. The van der Waals surface area contributed by atoms with Crippen LogP contribution in [0.15, 0.2) is 152 Å². The van der Waals surface area contributed by atoms with Gasteiger partial charge in [-0.15, -0.1) is 11.3 Å². The van der Waals surface area contributed by atoms with Crippen molar-refractivity contribution < 1.29 is 0 Å². The average Bonchev–Trinajstić information content (AvgIpc) is 2.23. The number of para-hydroxylation sites is 1. The van der Waals surface area contributed by atoms with Crippen LogP contribution in [0.3, 0.4) is 0 Å². The van der Waals surface area contributed by atoms with Crippen LogP contribution in [0.4, 0.5) is 44.8 Å². The summed E-state index contributed by atoms with van der Waals surface area (Å²) in [5.41, 5.74) is 25.3. The standard InChI is InChI=1S/C77H80BN3S/c1-71(2,3)52-27-30-63(55(41-52)48-21-13-12-14-22-48)80-64-40-50-24-16-15-23-49(50)39-61(64)78-68-56-45-59-60(75(9)37-35-74(59,8)36-38-75)46-67(56)82-70(68)79(53-28-29-57-58(42-53)73(6,7)34-33-72(57,4)5)65-43-54(44-66(80)69(65)78)81-62-26-18-17-25-51(62)47-76(10)31-19-20-32-77(76,81)11/h12-18,21-30,39-46H,19-20,31-38,47H2,1-11H3. The summed E-state index contributed by atoms with van der Waals surface area (Å²) < 4.78 is 1.43. The highest BCUT2D eigenvalue weighted by molar-refractivity contribution is 7.26. The molecule has 5 heteroatoms. The van der Waals surface area contributed by atoms with E-state index in [-0.39, 0.29) is 44.7 Å². The van der Waals surface area contributed by atoms with E-state index >= 15 is 0 Å². The molecule has 2 bridgehead atoms. The summed E-state index contributed by atoms with van der Waals surface area (Å²) in [4.78, 5) is 8.46. The molecule has 1 aromatic heterocycles. The molecule has 2 unspecified atom stereocenters. The Kier molecular flexibility index (Phi) is 10.6. The van der Waals surface area contributed by atoms with Gasteiger partial charge in [0.2, 0.25) is 0 Å². The monoisotopic (exact) mass is 1090 g/mol. The van der Waals surface area contributed by atoms with E-state index in [4.69, 9.17) is 0 Å². The zero-order valence-corrected chi connectivity index (χ0v) is 51.4. The van der Waals surface area contributed by atoms with E-state index in [9.17, 15) is 0 Å². The normalized spacial score (nSPS) is 25.3. The molecular formula is C77H80BN3S. The van der Waals surface area contributed by atoms with E-state index in [0.717, 1.165) is 12.8 Å². The Balaban J connectivity index is 1.08. The van der Waals surface area contributed by atoms with E-state index in [0.29, 0.717) is 0 Å². The smallest absolute Gasteiger partial charge is 0.254 e. The minimum Gasteiger partial charge on any atom is -0.335 e. The zero-order chi connectivity index (χ0) is 56.3. The van der Waals surface area contributed by atoms with Gasteiger partial charge in [0.15, 0.2) is 0 Å². The van der Waals surface area contributed by atoms with Crippen LogP contribution in [0.5, 0.6) is 0 Å². The van der Waals surface area contributed by atoms with Crippen LogP contribution < -0.4 is 31.1 Å². The van der Waals surface area contributed by atoms with E-state index in [1.807, 2.05) is 0 Å². The lowest BCUT2D eigenvalue weighted by atomic mass is 9.33. The minimum absolute atomic E-state index is 0.0247. The Hall–Kier alpha value is -6.56. The SMILES string of the molecule is CC(C)(C)c1ccc(N2c3cc4ccccc4cc3B3c4c2cc(N2c5ccccc5CC5(C)CCCCC25C)cc4N(c2ccc4c(c2)C(C)(C)CCC4(C)C)c2sc4cc5c(cc4c23)C2(C)CCC5(C)CC2)c(-c2ccccc2)c1. The van der Waals surface area contributed by atoms with Crippen molar-refractivity contribution in [3.8, 4) is 11.1 Å². The number of benzene rings is 8. The van der Waals surface area contributed by atoms with Gasteiger partial charge in [-0.3, -0.25) is 0 Å². The molecule has 412 valence electrons. The first-order valence-corrected chi connectivity index (χ1v) is 32.1. The molecule has 4 heterocycles. The molecule has 8 aromatic carbocycles. The second-order valence-corrected chi connectivity index (χ2v) is 31.2. The fraction of sp³-hybridized carbons (Fsp3) is 0.377. The van der Waals surface area contributed by atoms with Crippen molar-refractivity contribution in [1.82, 2.24) is 0 Å². The van der Waals surface area contributed by atoms with Gasteiger partial charge in [-0.2, -0.15) is 0 Å². The second kappa shape index (κ2) is 17.1. The van der Waals surface area contributed by atoms with Gasteiger partial charge in [0.1, 0.15) is 0 Å². The first kappa shape index (κ1) is 51.1. The molecule has 0 spiro atoms. The summed E-state index contributed by atoms with van der Waals surface area (Å²) in [6, 6.07) is 61.2. The lowest BCUT2D eigenvalue weighted by Crippen LogP contribution is -2.62. The van der Waals surface area contributed by atoms with Crippen molar-refractivity contribution in [1.29, 1.82) is 0 Å². The Morgan fingerprint density at radius 1 is 0.476 bits per heavy atom. The van der Waals surface area contributed by atoms with Crippen molar-refractivity contribution in [2.75, 3.05) is 14.7 Å². The molecule has 5 aliphatic carbocycles. The maximum absolute atomic E-state index is 2.88. The van der Waals surface area contributed by atoms with Crippen molar-refractivity contribution in [2.24, 2.45) is 5.41 Å². The van der Waals surface area contributed by atoms with Crippen LogP contribution in [0.1, 0.15) is 174 Å². The third-order valence-electron chi connectivity index (χ3n) is 23.2. The van der Waals surface area contributed by atoms with Crippen LogP contribution in [0.25, 0.3) is 32.0 Å². The topological polar surface area (TPSA) is 9.72 Å². The molecule has 2 atom stereocenters. The predicted octanol–water partition coefficient (Wildman–Crippen LogP) is 19.6. The summed E-state index contributed by atoms with van der Waals surface area (Å²) >= 11 is 2.07. The first-order chi connectivity index (χ1) is 39.2. The molecule has 2 fully saturated rings. The summed E-state index contributed by atoms with van der Waals surface area (Å²) in [5, 5.41) is 5.40. The zero-order valence-electron chi connectivity index (χ0n) is 50.5. The van der Waals surface area contributed by atoms with Gasteiger partial charge in [0.05, 0.1) is 10.7 Å². The summed E-state index contributed by atoms with van der Waals surface area (Å²) in [5.74, 6) is 0. The second-order valence-electron chi connectivity index (χ2n) is 30.1. The molecule has 9 aromatic rings. The maximum atomic E-state index is 2.88. The lowest BCUT2D eigenvalue weighted by molar-refractivity contribution is 0.0863. The molecule has 0 amide bonds. The van der Waals surface area contributed by atoms with E-state index in [1.54, 1.807) is 11.1 Å². The molecule has 0 saturated heterocycles. The highest BCUT2D eigenvalue weighted by atomic mass is 32.1. The molecule has 17 rings (SSSR count). The number of hydrogen-bond donors (Lipinski definition) is 0. The highest BCUT2D eigenvalue weighted by Crippen LogP contribution is 2.62. The summed E-state index contributed by atoms with van der Waals surface area (Å²) in [6.07, 6.45) is 13.4. The van der Waals surface area contributed by atoms with Gasteiger partial charge in [0, 0.05) is 49.9 Å². The van der Waals surface area contributed by atoms with Crippen molar-refractivity contribution in [3.05, 3.63) is 185 Å². The van der Waals surface area contributed by atoms with Crippen LogP contribution in [0, 0.1) is 5.41 Å². The predicted molar refractivity (Wildman–Crippen MR) is 353 cm³/mol. The molecule has 82 heavy (non-hydrogen) atoms. The molecule has 3 aliphatic heterocycles. The number of nitrogens with zero attached hydrogens (tertiary/aromatic N) is 3. The molecule has 8 aliphatic rings. The van der Waals surface area contributed by atoms with Gasteiger partial charge in [-0.05, 0) is 229 Å². The van der Waals surface area contributed by atoms with Crippen molar-refractivity contribution >= 4 is 100 Å². The Bertz CT molecular complexity index is 4180. The van der Waals surface area contributed by atoms with Crippen LogP contribution in [0.2, 0.25) is 0 Å². The van der Waals surface area contributed by atoms with Crippen molar-refractivity contribution in [2.45, 2.75) is 179 Å². The molecular weight excluding hydrogens is 1010 g/mol. The first-order valence-electron chi connectivity index (χ1n) is 31.3. The van der Waals surface area contributed by atoms with Crippen LogP contribution >= 0.6 is 11.3 Å². The number of rotatable bonds is 4. The number of thiophene rings is 1. The molecule has 0 radical (unpaired) electrons. The quantitative estimate of drug-likeness (QED) is 0.163. The maximum Gasteiger partial charge on any atom is 0.254 e.